The Kier molecular flexibility index (Phi) is 2.04. The third kappa shape index (κ3) is 1.14. The SMILES string of the molecule is CCC1(C)C(=O)Nc2cc(Cl)ccc21. The molecule has 0 bridgehead atoms. The van der Waals surface area contributed by atoms with E-state index in [2.05, 4.69) is 5.32 Å². The molecule has 1 aliphatic heterocycles. The molecule has 0 radical (unpaired) electrons. The lowest BCUT2D eigenvalue weighted by Crippen LogP contribution is -2.29. The van der Waals surface area contributed by atoms with Crippen LogP contribution in [-0.4, -0.2) is 5.91 Å². The number of nitrogens with one attached hydrogen (secondary N) is 1. The molecule has 0 aromatic heterocycles. The molecule has 1 unspecified atom stereocenters. The van der Waals surface area contributed by atoms with E-state index in [-0.39, 0.29) is 11.3 Å². The van der Waals surface area contributed by atoms with Crippen LogP contribution in [0.1, 0.15) is 25.8 Å². The highest BCUT2D eigenvalue weighted by atomic mass is 35.5. The van der Waals surface area contributed by atoms with Gasteiger partial charge in [0, 0.05) is 10.7 Å². The summed E-state index contributed by atoms with van der Waals surface area (Å²) in [6.45, 7) is 3.98. The van der Waals surface area contributed by atoms with Crippen LogP contribution in [0.5, 0.6) is 0 Å². The highest BCUT2D eigenvalue weighted by molar-refractivity contribution is 6.31. The largest absolute Gasteiger partial charge is 0.325 e. The van der Waals surface area contributed by atoms with Crippen LogP contribution in [0.2, 0.25) is 5.02 Å². The Balaban J connectivity index is 2.59. The summed E-state index contributed by atoms with van der Waals surface area (Å²) < 4.78 is 0. The van der Waals surface area contributed by atoms with E-state index in [1.165, 1.54) is 0 Å². The second-order valence-corrected chi connectivity index (χ2v) is 4.27. The standard InChI is InChI=1S/C11H12ClNO/c1-3-11(2)8-5-4-7(12)6-9(8)13-10(11)14/h4-6H,3H2,1-2H3,(H,13,14). The summed E-state index contributed by atoms with van der Waals surface area (Å²) in [5.41, 5.74) is 1.51. The Labute approximate surface area is 88.3 Å². The van der Waals surface area contributed by atoms with Gasteiger partial charge in [-0.15, -0.1) is 0 Å². The minimum atomic E-state index is -0.389. The average Bonchev–Trinajstić information content (AvgIpc) is 2.39. The number of hydrogen-bond acceptors (Lipinski definition) is 1. The zero-order chi connectivity index (χ0) is 10.3. The van der Waals surface area contributed by atoms with E-state index >= 15 is 0 Å². The van der Waals surface area contributed by atoms with Gasteiger partial charge in [-0.1, -0.05) is 24.6 Å². The highest BCUT2D eigenvalue weighted by Crippen LogP contribution is 2.40. The second-order valence-electron chi connectivity index (χ2n) is 3.83. The number of halogens is 1. The predicted molar refractivity (Wildman–Crippen MR) is 57.7 cm³/mol. The predicted octanol–water partition coefficient (Wildman–Crippen LogP) is 2.96. The van der Waals surface area contributed by atoms with Gasteiger partial charge < -0.3 is 5.32 Å². The minimum absolute atomic E-state index is 0.0669. The fraction of sp³-hybridized carbons (Fsp3) is 0.364. The van der Waals surface area contributed by atoms with Gasteiger partial charge in [-0.05, 0) is 31.0 Å². The Hall–Kier alpha value is -1.02. The summed E-state index contributed by atoms with van der Waals surface area (Å²) in [6.07, 6.45) is 0.799. The van der Waals surface area contributed by atoms with Gasteiger partial charge in [0.2, 0.25) is 5.91 Å². The van der Waals surface area contributed by atoms with Gasteiger partial charge in [0.15, 0.2) is 0 Å². The summed E-state index contributed by atoms with van der Waals surface area (Å²) in [5, 5.41) is 3.51. The molecule has 0 aliphatic carbocycles. The first-order valence-corrected chi connectivity index (χ1v) is 5.07. The average molecular weight is 210 g/mol. The number of hydrogen-bond donors (Lipinski definition) is 1. The second kappa shape index (κ2) is 2.99. The Morgan fingerprint density at radius 3 is 2.86 bits per heavy atom. The van der Waals surface area contributed by atoms with E-state index in [1.54, 1.807) is 6.07 Å². The number of anilines is 1. The molecule has 0 saturated carbocycles. The summed E-state index contributed by atoms with van der Waals surface area (Å²) >= 11 is 5.86. The van der Waals surface area contributed by atoms with Gasteiger partial charge in [0.1, 0.15) is 0 Å². The van der Waals surface area contributed by atoms with Crippen molar-refractivity contribution >= 4 is 23.2 Å². The summed E-state index contributed by atoms with van der Waals surface area (Å²) in [5.74, 6) is 0.0669. The number of amides is 1. The molecule has 1 aromatic carbocycles. The van der Waals surface area contributed by atoms with Gasteiger partial charge in [-0.2, -0.15) is 0 Å². The molecule has 1 atom stereocenters. The van der Waals surface area contributed by atoms with Crippen molar-refractivity contribution in [3.8, 4) is 0 Å². The zero-order valence-corrected chi connectivity index (χ0v) is 8.98. The molecule has 74 valence electrons. The van der Waals surface area contributed by atoms with Crippen molar-refractivity contribution in [2.75, 3.05) is 5.32 Å². The van der Waals surface area contributed by atoms with Crippen LogP contribution < -0.4 is 5.32 Å². The molecule has 0 fully saturated rings. The van der Waals surface area contributed by atoms with Crippen LogP contribution >= 0.6 is 11.6 Å². The molecule has 1 amide bonds. The van der Waals surface area contributed by atoms with Gasteiger partial charge in [-0.25, -0.2) is 0 Å². The van der Waals surface area contributed by atoms with Crippen LogP contribution in [0.25, 0.3) is 0 Å². The maximum absolute atomic E-state index is 11.7. The fourth-order valence-corrected chi connectivity index (χ4v) is 2.01. The van der Waals surface area contributed by atoms with Crippen LogP contribution in [0, 0.1) is 0 Å². The van der Waals surface area contributed by atoms with Crippen molar-refractivity contribution in [1.82, 2.24) is 0 Å². The van der Waals surface area contributed by atoms with Gasteiger partial charge in [0.05, 0.1) is 5.41 Å². The van der Waals surface area contributed by atoms with Gasteiger partial charge >= 0.3 is 0 Å². The van der Waals surface area contributed by atoms with Crippen molar-refractivity contribution in [1.29, 1.82) is 0 Å². The van der Waals surface area contributed by atoms with Crippen molar-refractivity contribution in [3.05, 3.63) is 28.8 Å². The fourth-order valence-electron chi connectivity index (χ4n) is 1.83. The van der Waals surface area contributed by atoms with E-state index < -0.39 is 0 Å². The molecule has 0 saturated heterocycles. The highest BCUT2D eigenvalue weighted by Gasteiger charge is 2.40. The first kappa shape index (κ1) is 9.53. The van der Waals surface area contributed by atoms with Crippen LogP contribution in [0.3, 0.4) is 0 Å². The van der Waals surface area contributed by atoms with E-state index in [9.17, 15) is 4.79 Å². The van der Waals surface area contributed by atoms with Crippen molar-refractivity contribution in [2.24, 2.45) is 0 Å². The molecule has 1 N–H and O–H groups in total. The summed E-state index contributed by atoms with van der Waals surface area (Å²) in [4.78, 5) is 11.7. The third-order valence-corrected chi connectivity index (χ3v) is 3.27. The molecule has 1 aromatic rings. The Morgan fingerprint density at radius 2 is 2.21 bits per heavy atom. The molecule has 3 heteroatoms. The van der Waals surface area contributed by atoms with Gasteiger partial charge in [-0.3, -0.25) is 4.79 Å². The monoisotopic (exact) mass is 209 g/mol. The molecule has 2 rings (SSSR count). The number of carbonyl (C=O) groups excluding carboxylic acids is 1. The smallest absolute Gasteiger partial charge is 0.234 e. The zero-order valence-electron chi connectivity index (χ0n) is 8.23. The summed E-state index contributed by atoms with van der Waals surface area (Å²) in [6, 6.07) is 5.56. The number of fused-ring (bicyclic) bond motifs is 1. The lowest BCUT2D eigenvalue weighted by molar-refractivity contribution is -0.120. The third-order valence-electron chi connectivity index (χ3n) is 3.03. The molecule has 1 heterocycles. The first-order valence-electron chi connectivity index (χ1n) is 4.69. The Bertz CT molecular complexity index is 402. The molecule has 0 spiro atoms. The molecule has 1 aliphatic rings. The van der Waals surface area contributed by atoms with Crippen molar-refractivity contribution in [3.63, 3.8) is 0 Å². The lowest BCUT2D eigenvalue weighted by atomic mass is 9.81. The van der Waals surface area contributed by atoms with Crippen molar-refractivity contribution in [2.45, 2.75) is 25.7 Å². The summed E-state index contributed by atoms with van der Waals surface area (Å²) in [7, 11) is 0. The van der Waals surface area contributed by atoms with E-state index in [0.717, 1.165) is 17.7 Å². The quantitative estimate of drug-likeness (QED) is 0.757. The number of carbonyl (C=O) groups is 1. The maximum atomic E-state index is 11.7. The topological polar surface area (TPSA) is 29.1 Å². The van der Waals surface area contributed by atoms with E-state index in [1.807, 2.05) is 26.0 Å². The normalized spacial score (nSPS) is 24.6. The number of benzene rings is 1. The van der Waals surface area contributed by atoms with E-state index in [0.29, 0.717) is 5.02 Å². The first-order chi connectivity index (χ1) is 6.58. The van der Waals surface area contributed by atoms with E-state index in [4.69, 9.17) is 11.6 Å². The Morgan fingerprint density at radius 1 is 1.50 bits per heavy atom. The molecular weight excluding hydrogens is 198 g/mol. The molecule has 14 heavy (non-hydrogen) atoms. The van der Waals surface area contributed by atoms with Crippen LogP contribution in [0.4, 0.5) is 5.69 Å². The maximum Gasteiger partial charge on any atom is 0.234 e. The van der Waals surface area contributed by atoms with Crippen LogP contribution in [0.15, 0.2) is 18.2 Å². The van der Waals surface area contributed by atoms with Crippen molar-refractivity contribution < 1.29 is 4.79 Å². The minimum Gasteiger partial charge on any atom is -0.325 e. The lowest BCUT2D eigenvalue weighted by Gasteiger charge is -2.19. The molecular formula is C11H12ClNO. The van der Waals surface area contributed by atoms with Gasteiger partial charge in [0.25, 0.3) is 0 Å². The number of rotatable bonds is 1. The van der Waals surface area contributed by atoms with Crippen LogP contribution in [-0.2, 0) is 10.2 Å². The molecule has 2 nitrogen and oxygen atoms in total.